The van der Waals surface area contributed by atoms with Crippen LogP contribution >= 0.6 is 0 Å². The van der Waals surface area contributed by atoms with Crippen LogP contribution in [0.15, 0.2) is 36.5 Å². The summed E-state index contributed by atoms with van der Waals surface area (Å²) in [7, 11) is 0. The molecule has 2 nitrogen and oxygen atoms in total. The van der Waals surface area contributed by atoms with Crippen LogP contribution in [0.1, 0.15) is 48.8 Å². The Morgan fingerprint density at radius 3 is 2.36 bits per heavy atom. The lowest BCUT2D eigenvalue weighted by molar-refractivity contribution is -0.137. The molecule has 1 atom stereocenters. The highest BCUT2D eigenvalue weighted by Gasteiger charge is 2.30. The first-order valence-corrected chi connectivity index (χ1v) is 7.38. The molecule has 22 heavy (non-hydrogen) atoms. The third-order valence-electron chi connectivity index (χ3n) is 3.73. The van der Waals surface area contributed by atoms with E-state index in [2.05, 4.69) is 9.97 Å². The molecule has 1 aromatic carbocycles. The van der Waals surface area contributed by atoms with Crippen LogP contribution in [0.5, 0.6) is 0 Å². The van der Waals surface area contributed by atoms with Crippen molar-refractivity contribution < 1.29 is 13.2 Å². The largest absolute Gasteiger partial charge is 0.416 e. The fourth-order valence-corrected chi connectivity index (χ4v) is 2.27. The minimum absolute atomic E-state index is 0.163. The Labute approximate surface area is 128 Å². The van der Waals surface area contributed by atoms with Gasteiger partial charge in [-0.3, -0.25) is 0 Å². The van der Waals surface area contributed by atoms with E-state index in [0.29, 0.717) is 0 Å². The number of rotatable bonds is 5. The zero-order valence-electron chi connectivity index (χ0n) is 12.7. The Bertz CT molecular complexity index is 606. The average molecular weight is 308 g/mol. The zero-order chi connectivity index (χ0) is 16.2. The van der Waals surface area contributed by atoms with Gasteiger partial charge in [-0.05, 0) is 42.5 Å². The van der Waals surface area contributed by atoms with Crippen molar-refractivity contribution in [2.75, 3.05) is 0 Å². The number of benzene rings is 1. The van der Waals surface area contributed by atoms with Gasteiger partial charge in [0.25, 0.3) is 0 Å². The summed E-state index contributed by atoms with van der Waals surface area (Å²) in [6, 6.07) is 7.27. The molecule has 118 valence electrons. The molecule has 0 fully saturated rings. The van der Waals surface area contributed by atoms with Crippen molar-refractivity contribution in [2.24, 2.45) is 0 Å². The van der Waals surface area contributed by atoms with Gasteiger partial charge < -0.3 is 0 Å². The van der Waals surface area contributed by atoms with Crippen LogP contribution in [0.25, 0.3) is 0 Å². The summed E-state index contributed by atoms with van der Waals surface area (Å²) in [5.41, 5.74) is 1.30. The van der Waals surface area contributed by atoms with Crippen molar-refractivity contribution in [3.63, 3.8) is 0 Å². The molecule has 2 aromatic rings. The van der Waals surface area contributed by atoms with Gasteiger partial charge in [0.15, 0.2) is 0 Å². The molecule has 2 rings (SSSR count). The highest BCUT2D eigenvalue weighted by molar-refractivity contribution is 5.26. The summed E-state index contributed by atoms with van der Waals surface area (Å²) in [5, 5.41) is 0. The highest BCUT2D eigenvalue weighted by atomic mass is 19.4. The zero-order valence-corrected chi connectivity index (χ0v) is 12.7. The summed E-state index contributed by atoms with van der Waals surface area (Å²) in [6.45, 7) is 4.04. The average Bonchev–Trinajstić information content (AvgIpc) is 2.52. The number of aromatic nitrogens is 2. The van der Waals surface area contributed by atoms with E-state index in [0.717, 1.165) is 48.5 Å². The smallest absolute Gasteiger partial charge is 0.241 e. The molecular formula is C17H19F3N2. The Hall–Kier alpha value is -1.91. The lowest BCUT2D eigenvalue weighted by Gasteiger charge is -2.13. The third kappa shape index (κ3) is 4.29. The summed E-state index contributed by atoms with van der Waals surface area (Å²) in [4.78, 5) is 8.68. The summed E-state index contributed by atoms with van der Waals surface area (Å²) >= 11 is 0. The first-order chi connectivity index (χ1) is 10.4. The maximum absolute atomic E-state index is 12.5. The van der Waals surface area contributed by atoms with Crippen LogP contribution in [0, 0.1) is 0 Å². The minimum atomic E-state index is -4.28. The first kappa shape index (κ1) is 16.5. The SMILES string of the molecule is CCc1ccnc(CCC(C)c2ccc(C(F)(F)F)cc2)n1. The normalized spacial score (nSPS) is 13.1. The molecule has 0 aliphatic heterocycles. The summed E-state index contributed by atoms with van der Waals surface area (Å²) in [6.07, 6.45) is -0.140. The van der Waals surface area contributed by atoms with E-state index in [1.54, 1.807) is 18.3 Å². The fraction of sp³-hybridized carbons (Fsp3) is 0.412. The molecule has 5 heteroatoms. The lowest BCUT2D eigenvalue weighted by Crippen LogP contribution is -2.05. The van der Waals surface area contributed by atoms with E-state index in [9.17, 15) is 13.2 Å². The maximum Gasteiger partial charge on any atom is 0.416 e. The van der Waals surface area contributed by atoms with E-state index < -0.39 is 11.7 Å². The van der Waals surface area contributed by atoms with Gasteiger partial charge in [-0.25, -0.2) is 9.97 Å². The topological polar surface area (TPSA) is 25.8 Å². The molecule has 1 heterocycles. The van der Waals surface area contributed by atoms with Crippen molar-refractivity contribution in [1.82, 2.24) is 9.97 Å². The number of halogens is 3. The Kier molecular flexibility index (Phi) is 5.16. The first-order valence-electron chi connectivity index (χ1n) is 7.38. The van der Waals surface area contributed by atoms with Crippen LogP contribution in [-0.4, -0.2) is 9.97 Å². The number of alkyl halides is 3. The van der Waals surface area contributed by atoms with Crippen LogP contribution in [-0.2, 0) is 19.0 Å². The Morgan fingerprint density at radius 1 is 1.09 bits per heavy atom. The molecule has 0 aliphatic rings. The van der Waals surface area contributed by atoms with E-state index >= 15 is 0 Å². The Balaban J connectivity index is 1.98. The van der Waals surface area contributed by atoms with Crippen LogP contribution in [0.4, 0.5) is 13.2 Å². The molecular weight excluding hydrogens is 289 g/mol. The van der Waals surface area contributed by atoms with Crippen molar-refractivity contribution in [1.29, 1.82) is 0 Å². The van der Waals surface area contributed by atoms with Crippen LogP contribution in [0.2, 0.25) is 0 Å². The van der Waals surface area contributed by atoms with Gasteiger partial charge in [-0.2, -0.15) is 13.2 Å². The van der Waals surface area contributed by atoms with Gasteiger partial charge in [0.05, 0.1) is 5.56 Å². The second-order valence-corrected chi connectivity index (χ2v) is 5.38. The minimum Gasteiger partial charge on any atom is -0.241 e. The summed E-state index contributed by atoms with van der Waals surface area (Å²) in [5.74, 6) is 0.953. The highest BCUT2D eigenvalue weighted by Crippen LogP contribution is 2.30. The van der Waals surface area contributed by atoms with E-state index in [-0.39, 0.29) is 5.92 Å². The van der Waals surface area contributed by atoms with Crippen molar-refractivity contribution in [3.05, 3.63) is 59.2 Å². The van der Waals surface area contributed by atoms with Gasteiger partial charge in [-0.15, -0.1) is 0 Å². The van der Waals surface area contributed by atoms with E-state index in [1.165, 1.54) is 0 Å². The van der Waals surface area contributed by atoms with Crippen molar-refractivity contribution >= 4 is 0 Å². The fourth-order valence-electron chi connectivity index (χ4n) is 2.27. The van der Waals surface area contributed by atoms with E-state index in [4.69, 9.17) is 0 Å². The number of nitrogens with zero attached hydrogens (tertiary/aromatic N) is 2. The second kappa shape index (κ2) is 6.90. The standard InChI is InChI=1S/C17H19F3N2/c1-3-15-10-11-21-16(22-15)9-4-12(2)13-5-7-14(8-6-13)17(18,19)20/h5-8,10-12H,3-4,9H2,1-2H3. The number of hydrogen-bond acceptors (Lipinski definition) is 2. The van der Waals surface area contributed by atoms with Crippen molar-refractivity contribution in [3.8, 4) is 0 Å². The van der Waals surface area contributed by atoms with Crippen LogP contribution in [0.3, 0.4) is 0 Å². The maximum atomic E-state index is 12.5. The Morgan fingerprint density at radius 2 is 1.77 bits per heavy atom. The monoisotopic (exact) mass is 308 g/mol. The number of hydrogen-bond donors (Lipinski definition) is 0. The lowest BCUT2D eigenvalue weighted by atomic mass is 9.95. The van der Waals surface area contributed by atoms with Crippen LogP contribution < -0.4 is 0 Å². The molecule has 0 saturated heterocycles. The van der Waals surface area contributed by atoms with Gasteiger partial charge in [-0.1, -0.05) is 26.0 Å². The molecule has 0 amide bonds. The summed E-state index contributed by atoms with van der Waals surface area (Å²) < 4.78 is 37.6. The molecule has 0 bridgehead atoms. The van der Waals surface area contributed by atoms with Gasteiger partial charge in [0.1, 0.15) is 5.82 Å². The number of aryl methyl sites for hydroxylation is 2. The molecule has 0 spiro atoms. The molecule has 0 N–H and O–H groups in total. The van der Waals surface area contributed by atoms with Gasteiger partial charge in [0.2, 0.25) is 0 Å². The molecule has 0 aliphatic carbocycles. The molecule has 1 unspecified atom stereocenters. The second-order valence-electron chi connectivity index (χ2n) is 5.38. The molecule has 1 aromatic heterocycles. The predicted octanol–water partition coefficient (Wildman–Crippen LogP) is 4.79. The predicted molar refractivity (Wildman–Crippen MR) is 79.6 cm³/mol. The van der Waals surface area contributed by atoms with Gasteiger partial charge in [0, 0.05) is 18.3 Å². The quantitative estimate of drug-likeness (QED) is 0.793. The van der Waals surface area contributed by atoms with Gasteiger partial charge >= 0.3 is 6.18 Å². The van der Waals surface area contributed by atoms with E-state index in [1.807, 2.05) is 19.9 Å². The molecule has 0 saturated carbocycles. The van der Waals surface area contributed by atoms with Crippen molar-refractivity contribution in [2.45, 2.75) is 45.2 Å². The third-order valence-corrected chi connectivity index (χ3v) is 3.73. The molecule has 0 radical (unpaired) electrons.